The van der Waals surface area contributed by atoms with E-state index in [0.29, 0.717) is 29.0 Å². The predicted molar refractivity (Wildman–Crippen MR) is 111 cm³/mol. The Morgan fingerprint density at radius 2 is 1.77 bits per heavy atom. The summed E-state index contributed by atoms with van der Waals surface area (Å²) >= 11 is 0. The standard InChI is InChI=1S/C20H16F4N4O.2H3N/c1-2-18-26-16-9-12(21)3-8-17(16)28(18)20-25-10-13(22)11-27(20)14-4-6-15(7-5-14)29-19(23)24;;/h3-11,19-20H,2H2,1H3;2*1H3. The van der Waals surface area contributed by atoms with E-state index in [0.717, 1.165) is 6.21 Å². The zero-order valence-electron chi connectivity index (χ0n) is 16.7. The number of fused-ring (bicyclic) bond motifs is 1. The molecule has 3 aromatic rings. The van der Waals surface area contributed by atoms with Crippen LogP contribution in [0.3, 0.4) is 0 Å². The molecule has 2 heterocycles. The van der Waals surface area contributed by atoms with E-state index >= 15 is 0 Å². The van der Waals surface area contributed by atoms with Crippen LogP contribution >= 0.6 is 0 Å². The van der Waals surface area contributed by atoms with Gasteiger partial charge in [0, 0.05) is 24.4 Å². The highest BCUT2D eigenvalue weighted by atomic mass is 19.3. The number of nitrogens with zero attached hydrogens (tertiary/aromatic N) is 4. The molecule has 0 saturated heterocycles. The second-order valence-electron chi connectivity index (χ2n) is 6.30. The first-order chi connectivity index (χ1) is 14.0. The quantitative estimate of drug-likeness (QED) is 0.509. The topological polar surface area (TPSA) is 113 Å². The second kappa shape index (κ2) is 9.58. The summed E-state index contributed by atoms with van der Waals surface area (Å²) in [6.07, 6.45) is 2.19. The Hall–Kier alpha value is -3.44. The van der Waals surface area contributed by atoms with E-state index in [2.05, 4.69) is 14.7 Å². The number of hydrogen-bond acceptors (Lipinski definition) is 6. The monoisotopic (exact) mass is 438 g/mol. The molecule has 31 heavy (non-hydrogen) atoms. The Morgan fingerprint density at radius 1 is 1.06 bits per heavy atom. The van der Waals surface area contributed by atoms with Crippen molar-refractivity contribution >= 4 is 22.9 Å². The minimum Gasteiger partial charge on any atom is -0.435 e. The van der Waals surface area contributed by atoms with Crippen LogP contribution < -0.4 is 21.9 Å². The molecule has 6 N–H and O–H groups in total. The van der Waals surface area contributed by atoms with Crippen LogP contribution in [0.15, 0.2) is 59.5 Å². The summed E-state index contributed by atoms with van der Waals surface area (Å²) in [4.78, 5) is 10.3. The molecular weight excluding hydrogens is 416 g/mol. The van der Waals surface area contributed by atoms with Gasteiger partial charge in [-0.3, -0.25) is 4.57 Å². The molecule has 0 bridgehead atoms. The zero-order valence-corrected chi connectivity index (χ0v) is 16.7. The van der Waals surface area contributed by atoms with Crippen LogP contribution in [0, 0.1) is 5.82 Å². The third-order valence-corrected chi connectivity index (χ3v) is 4.47. The molecule has 1 unspecified atom stereocenters. The summed E-state index contributed by atoms with van der Waals surface area (Å²) < 4.78 is 58.6. The number of imidazole rings is 1. The van der Waals surface area contributed by atoms with Gasteiger partial charge in [-0.05, 0) is 36.4 Å². The zero-order chi connectivity index (χ0) is 20.5. The van der Waals surface area contributed by atoms with E-state index in [1.54, 1.807) is 15.5 Å². The highest BCUT2D eigenvalue weighted by Crippen LogP contribution is 2.33. The van der Waals surface area contributed by atoms with Gasteiger partial charge in [0.2, 0.25) is 6.29 Å². The average molecular weight is 438 g/mol. The molecular formula is C20H22F4N6O. The van der Waals surface area contributed by atoms with Crippen LogP contribution in [-0.4, -0.2) is 22.4 Å². The summed E-state index contributed by atoms with van der Waals surface area (Å²) in [5.74, 6) is -0.341. The van der Waals surface area contributed by atoms with Crippen molar-refractivity contribution in [3.8, 4) is 5.75 Å². The van der Waals surface area contributed by atoms with Gasteiger partial charge in [-0.25, -0.2) is 18.8 Å². The third-order valence-electron chi connectivity index (χ3n) is 4.47. The van der Waals surface area contributed by atoms with Crippen molar-refractivity contribution in [2.45, 2.75) is 26.2 Å². The molecule has 0 fully saturated rings. The molecule has 1 aliphatic rings. The first-order valence-corrected chi connectivity index (χ1v) is 8.86. The lowest BCUT2D eigenvalue weighted by Gasteiger charge is -2.32. The van der Waals surface area contributed by atoms with E-state index in [-0.39, 0.29) is 18.1 Å². The molecule has 0 aliphatic carbocycles. The van der Waals surface area contributed by atoms with Gasteiger partial charge >= 0.3 is 6.61 Å². The van der Waals surface area contributed by atoms with E-state index in [4.69, 9.17) is 0 Å². The highest BCUT2D eigenvalue weighted by Gasteiger charge is 2.26. The Morgan fingerprint density at radius 3 is 2.42 bits per heavy atom. The number of benzene rings is 2. The highest BCUT2D eigenvalue weighted by molar-refractivity contribution is 5.80. The van der Waals surface area contributed by atoms with Gasteiger partial charge in [0.1, 0.15) is 17.4 Å². The van der Waals surface area contributed by atoms with E-state index in [1.807, 2.05) is 6.92 Å². The number of aryl methyl sites for hydroxylation is 1. The van der Waals surface area contributed by atoms with Crippen molar-refractivity contribution in [1.82, 2.24) is 21.9 Å². The smallest absolute Gasteiger partial charge is 0.387 e. The number of aromatic nitrogens is 2. The van der Waals surface area contributed by atoms with Crippen LogP contribution in [0.5, 0.6) is 5.75 Å². The molecule has 7 nitrogen and oxygen atoms in total. The SMILES string of the molecule is CCc1nc2cc(F)ccc2n1C1N=CC(F)=CN1c1ccc(OC(F)F)cc1.N.N. The fourth-order valence-corrected chi connectivity index (χ4v) is 3.27. The lowest BCUT2D eigenvalue weighted by molar-refractivity contribution is -0.0498. The van der Waals surface area contributed by atoms with Crippen molar-refractivity contribution in [2.24, 2.45) is 4.99 Å². The van der Waals surface area contributed by atoms with Crippen molar-refractivity contribution < 1.29 is 22.3 Å². The molecule has 166 valence electrons. The van der Waals surface area contributed by atoms with Crippen molar-refractivity contribution in [3.05, 3.63) is 66.1 Å². The maximum atomic E-state index is 14.0. The molecule has 0 saturated carbocycles. The second-order valence-corrected chi connectivity index (χ2v) is 6.30. The lowest BCUT2D eigenvalue weighted by Crippen LogP contribution is -2.30. The minimum absolute atomic E-state index is 0. The van der Waals surface area contributed by atoms with Gasteiger partial charge < -0.3 is 21.9 Å². The summed E-state index contributed by atoms with van der Waals surface area (Å²) in [5, 5.41) is 0. The van der Waals surface area contributed by atoms with Gasteiger partial charge in [0.15, 0.2) is 5.83 Å². The molecule has 0 amide bonds. The average Bonchev–Trinajstić information content (AvgIpc) is 3.05. The first-order valence-electron chi connectivity index (χ1n) is 8.86. The summed E-state index contributed by atoms with van der Waals surface area (Å²) in [7, 11) is 0. The number of aliphatic imine (C=N–C) groups is 1. The van der Waals surface area contributed by atoms with E-state index in [9.17, 15) is 17.6 Å². The van der Waals surface area contributed by atoms with Gasteiger partial charge in [0.05, 0.1) is 17.2 Å². The van der Waals surface area contributed by atoms with Crippen molar-refractivity contribution in [2.75, 3.05) is 4.90 Å². The Labute approximate surface area is 175 Å². The van der Waals surface area contributed by atoms with Crippen LogP contribution in [0.25, 0.3) is 11.0 Å². The van der Waals surface area contributed by atoms with Gasteiger partial charge in [-0.1, -0.05) is 6.92 Å². The largest absolute Gasteiger partial charge is 0.435 e. The summed E-state index contributed by atoms with van der Waals surface area (Å²) in [5.41, 5.74) is 1.62. The summed E-state index contributed by atoms with van der Waals surface area (Å²) in [6.45, 7) is -1.03. The first kappa shape index (κ1) is 23.8. The molecule has 1 aromatic heterocycles. The molecule has 11 heteroatoms. The number of allylic oxidation sites excluding steroid dienone is 1. The number of halogens is 4. The predicted octanol–water partition coefficient (Wildman–Crippen LogP) is 5.52. The van der Waals surface area contributed by atoms with Gasteiger partial charge in [-0.2, -0.15) is 8.78 Å². The Balaban J connectivity index is 0.00000171. The molecule has 1 atom stereocenters. The van der Waals surface area contributed by atoms with Crippen LogP contribution in [-0.2, 0) is 6.42 Å². The Bertz CT molecular complexity index is 1100. The number of hydrogen-bond donors (Lipinski definition) is 2. The van der Waals surface area contributed by atoms with Crippen molar-refractivity contribution in [1.29, 1.82) is 0 Å². The van der Waals surface area contributed by atoms with Gasteiger partial charge in [0.25, 0.3) is 0 Å². The fraction of sp³-hybridized carbons (Fsp3) is 0.200. The minimum atomic E-state index is -2.93. The number of alkyl halides is 2. The van der Waals surface area contributed by atoms with Crippen LogP contribution in [0.2, 0.25) is 0 Å². The summed E-state index contributed by atoms with van der Waals surface area (Å²) in [6, 6.07) is 10.0. The van der Waals surface area contributed by atoms with Gasteiger partial charge in [-0.15, -0.1) is 0 Å². The van der Waals surface area contributed by atoms with E-state index in [1.165, 1.54) is 42.6 Å². The number of ether oxygens (including phenoxy) is 1. The molecule has 0 radical (unpaired) electrons. The van der Waals surface area contributed by atoms with Crippen LogP contribution in [0.4, 0.5) is 23.2 Å². The van der Waals surface area contributed by atoms with E-state index < -0.39 is 24.5 Å². The fourth-order valence-electron chi connectivity index (χ4n) is 3.27. The Kier molecular flexibility index (Phi) is 7.37. The normalized spacial score (nSPS) is 15.5. The van der Waals surface area contributed by atoms with Crippen molar-refractivity contribution in [3.63, 3.8) is 0 Å². The molecule has 1 aliphatic heterocycles. The maximum absolute atomic E-state index is 14.0. The maximum Gasteiger partial charge on any atom is 0.387 e. The number of rotatable bonds is 5. The molecule has 0 spiro atoms. The lowest BCUT2D eigenvalue weighted by atomic mass is 10.2. The number of anilines is 1. The molecule has 2 aromatic carbocycles. The van der Waals surface area contributed by atoms with Crippen LogP contribution in [0.1, 0.15) is 19.0 Å². The molecule has 4 rings (SSSR count). The third kappa shape index (κ3) is 4.67.